The maximum absolute atomic E-state index is 13.8. The molecule has 56 heavy (non-hydrogen) atoms. The molecule has 1 saturated heterocycles. The Morgan fingerprint density at radius 1 is 0.893 bits per heavy atom. The van der Waals surface area contributed by atoms with Crippen LogP contribution in [-0.2, 0) is 33.4 Å². The van der Waals surface area contributed by atoms with E-state index in [2.05, 4.69) is 52.9 Å². The SMILES string of the molecule is CC1(C)CCC2(C(=O)O)CC[C@]3(COC(=O)/C=C/c4cc([O-])ccc4NC(=O)/C=C/C(=O)O)C(=CCC4[C@@]5(C)CCC6(OCCO6)C(C)(C)C5CC[C@]43C)C2C1. The van der Waals surface area contributed by atoms with E-state index in [1.165, 1.54) is 30.4 Å². The Morgan fingerprint density at radius 2 is 1.61 bits per heavy atom. The number of hydrogen-bond donors (Lipinski definition) is 3. The lowest BCUT2D eigenvalue weighted by atomic mass is 9.33. The number of carbonyl (C=O) groups excluding carboxylic acids is 2. The van der Waals surface area contributed by atoms with Gasteiger partial charge >= 0.3 is 17.9 Å². The van der Waals surface area contributed by atoms with E-state index in [4.69, 9.17) is 19.3 Å². The number of rotatable bonds is 8. The van der Waals surface area contributed by atoms with E-state index < -0.39 is 40.4 Å². The van der Waals surface area contributed by atoms with Crippen LogP contribution in [-0.4, -0.2) is 59.6 Å². The van der Waals surface area contributed by atoms with Crippen LogP contribution in [0.15, 0.2) is 48.1 Å². The third kappa shape index (κ3) is 6.22. The fourth-order valence-corrected chi connectivity index (χ4v) is 13.1. The van der Waals surface area contributed by atoms with Crippen molar-refractivity contribution in [2.75, 3.05) is 25.1 Å². The molecule has 0 bridgehead atoms. The van der Waals surface area contributed by atoms with Crippen molar-refractivity contribution in [3.05, 3.63) is 53.6 Å². The zero-order valence-electron chi connectivity index (χ0n) is 33.7. The number of ether oxygens (including phenoxy) is 3. The number of carboxylic acids is 2. The van der Waals surface area contributed by atoms with E-state index in [1.807, 2.05) is 0 Å². The highest BCUT2D eigenvalue weighted by molar-refractivity contribution is 6.03. The van der Waals surface area contributed by atoms with Crippen LogP contribution in [0, 0.1) is 50.2 Å². The van der Waals surface area contributed by atoms with Gasteiger partial charge in [0.1, 0.15) is 6.61 Å². The molecule has 6 aliphatic rings. The Labute approximate surface area is 329 Å². The Hall–Kier alpha value is -3.96. The number of esters is 1. The van der Waals surface area contributed by atoms with Gasteiger partial charge in [0.05, 0.1) is 18.6 Å². The smallest absolute Gasteiger partial charge is 0.330 e. The molecular formula is C45H58NO10-. The standard InChI is InChI=1S/C45H59NO10/c1-39(2)17-19-43(38(52)53)20-21-44(27-54-37(51)14-7-28-25-29(47)8-10-32(28)46-35(48)12-13-36(49)50)30(31(43)26-39)9-11-34-41(5)18-22-45(55-23-24-56-45)40(3,4)33(41)15-16-42(34,44)6/h7-10,12-14,25,31,33-34,47H,11,15-24,26-27H2,1-6H3,(H,46,48)(H,49,50)(H,52,53)/p-1/b13-12+,14-7+/t31?,33?,34?,41-,42+,43?,44-/m0/s1. The van der Waals surface area contributed by atoms with Gasteiger partial charge in [0.25, 0.3) is 0 Å². The van der Waals surface area contributed by atoms with Crippen LogP contribution >= 0.6 is 0 Å². The third-order valence-corrected chi connectivity index (χ3v) is 16.1. The minimum atomic E-state index is -1.28. The number of anilines is 1. The number of aliphatic carboxylic acids is 2. The van der Waals surface area contributed by atoms with E-state index in [-0.39, 0.29) is 57.1 Å². The molecule has 0 radical (unpaired) electrons. The number of carbonyl (C=O) groups is 4. The van der Waals surface area contributed by atoms with E-state index >= 15 is 0 Å². The van der Waals surface area contributed by atoms with Crippen LogP contribution in [0.4, 0.5) is 5.69 Å². The van der Waals surface area contributed by atoms with E-state index in [0.717, 1.165) is 56.6 Å². The molecule has 11 nitrogen and oxygen atoms in total. The summed E-state index contributed by atoms with van der Waals surface area (Å²) in [5.74, 6) is -3.85. The lowest BCUT2D eigenvalue weighted by Gasteiger charge is -2.72. The summed E-state index contributed by atoms with van der Waals surface area (Å²) >= 11 is 0. The van der Waals surface area contributed by atoms with Gasteiger partial charge in [0, 0.05) is 41.2 Å². The number of amides is 1. The second kappa shape index (κ2) is 13.9. The molecule has 1 amide bonds. The molecule has 4 saturated carbocycles. The van der Waals surface area contributed by atoms with Gasteiger partial charge in [-0.3, -0.25) is 9.59 Å². The zero-order valence-corrected chi connectivity index (χ0v) is 33.7. The molecule has 1 aromatic carbocycles. The maximum atomic E-state index is 13.8. The fourth-order valence-electron chi connectivity index (χ4n) is 13.1. The van der Waals surface area contributed by atoms with Crippen molar-refractivity contribution in [3.63, 3.8) is 0 Å². The quantitative estimate of drug-likeness (QED) is 0.137. The van der Waals surface area contributed by atoms with Crippen LogP contribution in [0.2, 0.25) is 0 Å². The van der Waals surface area contributed by atoms with Crippen LogP contribution in [0.5, 0.6) is 5.75 Å². The molecule has 1 heterocycles. The van der Waals surface area contributed by atoms with Gasteiger partial charge in [-0.2, -0.15) is 0 Å². The number of nitrogens with one attached hydrogen (secondary N) is 1. The Balaban J connectivity index is 1.23. The minimum Gasteiger partial charge on any atom is -0.872 e. The lowest BCUT2D eigenvalue weighted by molar-refractivity contribution is -0.308. The Kier molecular flexibility index (Phi) is 9.96. The van der Waals surface area contributed by atoms with Gasteiger partial charge in [-0.25, -0.2) is 9.59 Å². The average Bonchev–Trinajstić information content (AvgIpc) is 3.62. The van der Waals surface area contributed by atoms with Gasteiger partial charge in [0.15, 0.2) is 5.79 Å². The van der Waals surface area contributed by atoms with Crippen LogP contribution in [0.3, 0.4) is 0 Å². The molecule has 1 spiro atoms. The second-order valence-corrected chi connectivity index (χ2v) is 19.4. The van der Waals surface area contributed by atoms with Crippen molar-refractivity contribution in [1.29, 1.82) is 0 Å². The minimum absolute atomic E-state index is 0.0377. The number of hydrogen-bond acceptors (Lipinski definition) is 8. The van der Waals surface area contributed by atoms with E-state index in [1.54, 1.807) is 0 Å². The van der Waals surface area contributed by atoms with Crippen molar-refractivity contribution >= 4 is 35.6 Å². The molecule has 1 aromatic rings. The van der Waals surface area contributed by atoms with E-state index in [9.17, 15) is 29.4 Å². The molecule has 7 atom stereocenters. The monoisotopic (exact) mass is 772 g/mol. The molecule has 7 rings (SSSR count). The van der Waals surface area contributed by atoms with Gasteiger partial charge in [-0.05, 0) is 109 Å². The van der Waals surface area contributed by atoms with Crippen molar-refractivity contribution < 1.29 is 48.7 Å². The van der Waals surface area contributed by atoms with Gasteiger partial charge < -0.3 is 34.8 Å². The summed E-state index contributed by atoms with van der Waals surface area (Å²) in [7, 11) is 0. The average molecular weight is 773 g/mol. The molecule has 5 fully saturated rings. The number of benzene rings is 1. The third-order valence-electron chi connectivity index (χ3n) is 16.1. The van der Waals surface area contributed by atoms with Crippen molar-refractivity contribution in [2.45, 2.75) is 112 Å². The van der Waals surface area contributed by atoms with Crippen LogP contribution < -0.4 is 10.4 Å². The first-order valence-electron chi connectivity index (χ1n) is 20.3. The predicted molar refractivity (Wildman–Crippen MR) is 207 cm³/mol. The molecule has 304 valence electrons. The highest BCUT2D eigenvalue weighted by atomic mass is 16.7. The highest BCUT2D eigenvalue weighted by Crippen LogP contribution is 2.77. The summed E-state index contributed by atoms with van der Waals surface area (Å²) in [5, 5.41) is 34.7. The topological polar surface area (TPSA) is 172 Å². The summed E-state index contributed by atoms with van der Waals surface area (Å²) in [6.45, 7) is 15.3. The summed E-state index contributed by atoms with van der Waals surface area (Å²) in [6, 6.07) is 3.95. The van der Waals surface area contributed by atoms with Gasteiger partial charge in [0.2, 0.25) is 5.91 Å². The number of fused-ring (bicyclic) bond motifs is 7. The van der Waals surface area contributed by atoms with Gasteiger partial charge in [-0.15, -0.1) is 5.75 Å². The first-order chi connectivity index (χ1) is 26.2. The zero-order chi connectivity index (χ0) is 40.5. The first-order valence-corrected chi connectivity index (χ1v) is 20.3. The normalized spacial score (nSPS) is 36.5. The molecule has 1 aliphatic heterocycles. The molecular weight excluding hydrogens is 714 g/mol. The van der Waals surface area contributed by atoms with Crippen molar-refractivity contribution in [3.8, 4) is 5.75 Å². The number of carboxylic acid groups (broad SMARTS) is 2. The van der Waals surface area contributed by atoms with Crippen molar-refractivity contribution in [1.82, 2.24) is 0 Å². The molecule has 0 aromatic heterocycles. The van der Waals surface area contributed by atoms with Crippen LogP contribution in [0.25, 0.3) is 6.08 Å². The fraction of sp³-hybridized carbons (Fsp3) is 0.644. The second-order valence-electron chi connectivity index (χ2n) is 19.4. The summed E-state index contributed by atoms with van der Waals surface area (Å²) in [4.78, 5) is 50.4. The van der Waals surface area contributed by atoms with Crippen molar-refractivity contribution in [2.24, 2.45) is 50.2 Å². The molecule has 5 aliphatic carbocycles. The first kappa shape index (κ1) is 40.2. The summed E-state index contributed by atoms with van der Waals surface area (Å²) in [6.07, 6.45) is 14.4. The highest BCUT2D eigenvalue weighted by Gasteiger charge is 2.73. The van der Waals surface area contributed by atoms with Crippen LogP contribution in [0.1, 0.15) is 111 Å². The lowest BCUT2D eigenvalue weighted by Crippen LogP contribution is -2.68. The van der Waals surface area contributed by atoms with Gasteiger partial charge in [-0.1, -0.05) is 65.3 Å². The molecule has 11 heteroatoms. The summed E-state index contributed by atoms with van der Waals surface area (Å²) < 4.78 is 19.2. The maximum Gasteiger partial charge on any atom is 0.330 e. The predicted octanol–water partition coefficient (Wildman–Crippen LogP) is 7.51. The number of allylic oxidation sites excluding steroid dienone is 1. The molecule has 4 unspecified atom stereocenters. The summed E-state index contributed by atoms with van der Waals surface area (Å²) in [5.41, 5.74) is -0.421. The molecule has 3 N–H and O–H groups in total. The Morgan fingerprint density at radius 3 is 2.30 bits per heavy atom. The Bertz CT molecular complexity index is 1890. The largest absolute Gasteiger partial charge is 0.872 e. The van der Waals surface area contributed by atoms with E-state index in [0.29, 0.717) is 44.5 Å².